The number of thiazole rings is 1. The number of rotatable bonds is 8. The molecular formula is C36H44N6O7S2. The summed E-state index contributed by atoms with van der Waals surface area (Å²) in [6.07, 6.45) is 7.06. The van der Waals surface area contributed by atoms with Crippen molar-refractivity contribution in [2.45, 2.75) is 87.6 Å². The monoisotopic (exact) mass is 736 g/mol. The van der Waals surface area contributed by atoms with E-state index in [1.54, 1.807) is 19.1 Å². The van der Waals surface area contributed by atoms with E-state index < -0.39 is 44.8 Å². The predicted molar refractivity (Wildman–Crippen MR) is 193 cm³/mol. The topological polar surface area (TPSA) is 160 Å². The Bertz CT molecular complexity index is 1990. The second-order valence-corrected chi connectivity index (χ2v) is 17.2. The van der Waals surface area contributed by atoms with E-state index in [1.165, 1.54) is 16.2 Å². The van der Waals surface area contributed by atoms with Crippen molar-refractivity contribution in [1.29, 1.82) is 0 Å². The smallest absolute Gasteiger partial charge is 0.320 e. The normalized spacial score (nSPS) is 26.3. The average molecular weight is 737 g/mol. The highest BCUT2D eigenvalue weighted by Gasteiger charge is 2.62. The number of methoxy groups -OCH3 is 1. The molecule has 2 aliphatic carbocycles. The number of allylic oxidation sites excluding steroid dienone is 1. The summed E-state index contributed by atoms with van der Waals surface area (Å²) in [7, 11) is -0.523. The highest BCUT2D eigenvalue weighted by Crippen LogP contribution is 2.46. The van der Waals surface area contributed by atoms with Crippen molar-refractivity contribution in [3.05, 3.63) is 47.5 Å². The molecule has 2 aliphatic heterocycles. The van der Waals surface area contributed by atoms with Crippen LogP contribution >= 0.6 is 11.3 Å². The summed E-state index contributed by atoms with van der Waals surface area (Å²) < 4.78 is 39.9. The quantitative estimate of drug-likeness (QED) is 0.316. The molecule has 13 nitrogen and oxygen atoms in total. The zero-order valence-corrected chi connectivity index (χ0v) is 30.9. The molecule has 4 amide bonds. The molecule has 0 bridgehead atoms. The Morgan fingerprint density at radius 1 is 1.16 bits per heavy atom. The van der Waals surface area contributed by atoms with Gasteiger partial charge in [-0.05, 0) is 56.6 Å². The zero-order chi connectivity index (χ0) is 36.1. The fourth-order valence-electron chi connectivity index (χ4n) is 6.86. The van der Waals surface area contributed by atoms with Crippen LogP contribution in [0.4, 0.5) is 4.79 Å². The molecular weight excluding hydrogens is 693 g/mol. The number of ether oxygens (including phenoxy) is 2. The molecule has 3 fully saturated rings. The largest absolute Gasteiger partial charge is 0.497 e. The highest BCUT2D eigenvalue weighted by molar-refractivity contribution is 7.91. The molecule has 7 rings (SSSR count). The van der Waals surface area contributed by atoms with Gasteiger partial charge in [0.2, 0.25) is 15.9 Å². The van der Waals surface area contributed by atoms with Gasteiger partial charge in [0.05, 0.1) is 30.1 Å². The summed E-state index contributed by atoms with van der Waals surface area (Å²) in [5, 5.41) is 5.83. The second kappa shape index (κ2) is 13.7. The number of fused-ring (bicyclic) bond motifs is 3. The summed E-state index contributed by atoms with van der Waals surface area (Å²) in [6.45, 7) is 4.82. The molecule has 2 N–H and O–H groups in total. The molecule has 4 heterocycles. The van der Waals surface area contributed by atoms with Crippen LogP contribution in [0.25, 0.3) is 21.6 Å². The van der Waals surface area contributed by atoms with E-state index in [-0.39, 0.29) is 37.3 Å². The molecule has 2 saturated carbocycles. The lowest BCUT2D eigenvalue weighted by Gasteiger charge is -2.30. The van der Waals surface area contributed by atoms with Gasteiger partial charge in [0, 0.05) is 48.8 Å². The Kier molecular flexibility index (Phi) is 9.46. The molecule has 0 spiro atoms. The van der Waals surface area contributed by atoms with Gasteiger partial charge in [0.15, 0.2) is 0 Å². The number of benzene rings is 1. The number of amides is 4. The minimum absolute atomic E-state index is 0.129. The first-order valence-corrected chi connectivity index (χ1v) is 20.0. The first-order chi connectivity index (χ1) is 24.4. The highest BCUT2D eigenvalue weighted by atomic mass is 32.2. The number of hydrogen-bond acceptors (Lipinski definition) is 10. The third-order valence-corrected chi connectivity index (χ3v) is 12.9. The van der Waals surface area contributed by atoms with Gasteiger partial charge in [-0.25, -0.2) is 23.2 Å². The van der Waals surface area contributed by atoms with Crippen molar-refractivity contribution in [2.24, 2.45) is 5.92 Å². The van der Waals surface area contributed by atoms with Crippen molar-refractivity contribution in [2.75, 3.05) is 27.2 Å². The van der Waals surface area contributed by atoms with Gasteiger partial charge in [-0.3, -0.25) is 14.3 Å². The molecule has 4 aliphatic rings. The van der Waals surface area contributed by atoms with E-state index in [2.05, 4.69) is 23.9 Å². The van der Waals surface area contributed by atoms with Crippen LogP contribution in [0.2, 0.25) is 0 Å². The summed E-state index contributed by atoms with van der Waals surface area (Å²) in [5.41, 5.74) is 0.829. The van der Waals surface area contributed by atoms with E-state index in [9.17, 15) is 22.8 Å². The van der Waals surface area contributed by atoms with Gasteiger partial charge >= 0.3 is 6.03 Å². The van der Waals surface area contributed by atoms with Gasteiger partial charge in [-0.2, -0.15) is 0 Å². The first kappa shape index (κ1) is 35.2. The Balaban J connectivity index is 1.19. The Labute approximate surface area is 301 Å². The Hall–Kier alpha value is -4.24. The van der Waals surface area contributed by atoms with Crippen molar-refractivity contribution in [3.63, 3.8) is 0 Å². The Morgan fingerprint density at radius 2 is 1.96 bits per heavy atom. The minimum Gasteiger partial charge on any atom is -0.497 e. The van der Waals surface area contributed by atoms with Crippen molar-refractivity contribution in [1.82, 2.24) is 29.8 Å². The Morgan fingerprint density at radius 3 is 2.69 bits per heavy atom. The third kappa shape index (κ3) is 7.14. The van der Waals surface area contributed by atoms with E-state index in [0.29, 0.717) is 42.1 Å². The van der Waals surface area contributed by atoms with Crippen LogP contribution in [0, 0.1) is 5.92 Å². The van der Waals surface area contributed by atoms with Crippen LogP contribution in [0.5, 0.6) is 11.5 Å². The molecule has 0 radical (unpaired) electrons. The molecule has 2 aromatic heterocycles. The van der Waals surface area contributed by atoms with E-state index in [4.69, 9.17) is 19.4 Å². The number of sulfonamides is 1. The molecule has 3 aromatic rings. The third-order valence-electron chi connectivity index (χ3n) is 10.2. The van der Waals surface area contributed by atoms with Crippen LogP contribution in [0.1, 0.15) is 70.4 Å². The average Bonchev–Trinajstić information content (AvgIpc) is 3.98. The molecule has 1 saturated heterocycles. The molecule has 51 heavy (non-hydrogen) atoms. The standard InChI is InChI=1S/C36H44N6O7S2/c1-21(2)29-20-50-33(38-29)28-17-31(26-13-10-23(48-4)15-27(26)37-28)49-24-16-30-32(43)39-36(34(44)40-51(46,47)25-11-12-25)18-22(36)9-7-5-6-8-14-41(3)35(45)42(30)19-24/h7,9-10,13,15,17,20-22,24-25,30H,5-6,8,11-12,14,16,18-19H2,1-4H3,(H,39,43)(H,40,44)/b9-7-/t22-,24+,30-,36+/m0/s1. The van der Waals surface area contributed by atoms with Crippen molar-refractivity contribution in [3.8, 4) is 22.2 Å². The number of pyridine rings is 1. The minimum atomic E-state index is -3.83. The van der Waals surface area contributed by atoms with Crippen LogP contribution in [0.3, 0.4) is 0 Å². The van der Waals surface area contributed by atoms with Gasteiger partial charge in [-0.1, -0.05) is 26.0 Å². The lowest BCUT2D eigenvalue weighted by Crippen LogP contribution is -2.57. The fourth-order valence-corrected chi connectivity index (χ4v) is 9.16. The van der Waals surface area contributed by atoms with Crippen LogP contribution in [-0.4, -0.2) is 96.2 Å². The van der Waals surface area contributed by atoms with Crippen LogP contribution < -0.4 is 19.5 Å². The van der Waals surface area contributed by atoms with E-state index in [0.717, 1.165) is 35.4 Å². The molecule has 0 unspecified atom stereocenters. The first-order valence-electron chi connectivity index (χ1n) is 17.6. The van der Waals surface area contributed by atoms with Crippen molar-refractivity contribution < 1.29 is 32.3 Å². The number of nitrogens with zero attached hydrogens (tertiary/aromatic N) is 4. The molecule has 15 heteroatoms. The van der Waals surface area contributed by atoms with Crippen LogP contribution in [-0.2, 0) is 19.6 Å². The maximum Gasteiger partial charge on any atom is 0.320 e. The maximum atomic E-state index is 14.2. The van der Waals surface area contributed by atoms with Gasteiger partial charge in [0.25, 0.3) is 5.91 Å². The maximum absolute atomic E-state index is 14.2. The van der Waals surface area contributed by atoms with Crippen molar-refractivity contribution >= 4 is 50.1 Å². The number of hydrogen-bond donors (Lipinski definition) is 2. The van der Waals surface area contributed by atoms with Gasteiger partial charge in [0.1, 0.15) is 39.9 Å². The summed E-state index contributed by atoms with van der Waals surface area (Å²) in [6, 6.07) is 6.11. The van der Waals surface area contributed by atoms with E-state index in [1.807, 2.05) is 41.8 Å². The van der Waals surface area contributed by atoms with Gasteiger partial charge in [-0.15, -0.1) is 11.3 Å². The predicted octanol–water partition coefficient (Wildman–Crippen LogP) is 4.59. The SMILES string of the molecule is COc1ccc2c(O[C@@H]3C[C@H]4C(=O)N[C@]5(C(=O)NS(=O)(=O)C6CC6)C[C@@H]5/C=C\CCCCN(C)C(=O)N4C3)cc(-c3nc(C(C)C)cs3)nc2c1. The van der Waals surface area contributed by atoms with Gasteiger partial charge < -0.3 is 24.6 Å². The molecule has 1 aromatic carbocycles. The lowest BCUT2D eigenvalue weighted by atomic mass is 10.1. The number of aromatic nitrogens is 2. The van der Waals surface area contributed by atoms with Crippen LogP contribution in [0.15, 0.2) is 41.8 Å². The lowest BCUT2D eigenvalue weighted by molar-refractivity contribution is -0.131. The summed E-state index contributed by atoms with van der Waals surface area (Å²) >= 11 is 1.50. The summed E-state index contributed by atoms with van der Waals surface area (Å²) in [4.78, 5) is 54.5. The number of carbonyl (C=O) groups excluding carboxylic acids is 3. The fraction of sp³-hybridized carbons (Fsp3) is 0.528. The summed E-state index contributed by atoms with van der Waals surface area (Å²) in [5.74, 6) is -0.201. The second-order valence-electron chi connectivity index (χ2n) is 14.3. The van der Waals surface area contributed by atoms with E-state index >= 15 is 0 Å². The number of carbonyl (C=O) groups is 3. The molecule has 4 atom stereocenters. The number of urea groups is 1. The zero-order valence-electron chi connectivity index (χ0n) is 29.3. The number of nitrogens with one attached hydrogen (secondary N) is 2. The molecule has 272 valence electrons.